The number of rotatable bonds is 8. The molecule has 4 saturated heterocycles. The lowest BCUT2D eigenvalue weighted by Crippen LogP contribution is -2.48. The molecular weight excluding hydrogens is 748 g/mol. The average Bonchev–Trinajstić information content (AvgIpc) is 3.46. The summed E-state index contributed by atoms with van der Waals surface area (Å²) in [5.74, 6) is -1.19. The van der Waals surface area contributed by atoms with E-state index >= 15 is 0 Å². The fourth-order valence-corrected chi connectivity index (χ4v) is 6.33. The van der Waals surface area contributed by atoms with Crippen LogP contribution in [0.15, 0.2) is 25.3 Å². The maximum atomic E-state index is 12.6. The van der Waals surface area contributed by atoms with Crippen molar-refractivity contribution in [3.8, 4) is 0 Å². The number of ether oxygens (including phenoxy) is 6. The molecule has 0 radical (unpaired) electrons. The highest BCUT2D eigenvalue weighted by molar-refractivity contribution is 6.61. The molecule has 0 unspecified atom stereocenters. The molecule has 4 aliphatic rings. The lowest BCUT2D eigenvalue weighted by Gasteiger charge is -2.29. The Balaban J connectivity index is 0.000000331. The Labute approximate surface area is 326 Å². The Bertz CT molecular complexity index is 1350. The zero-order valence-corrected chi connectivity index (χ0v) is 33.3. The minimum absolute atomic E-state index is 0.0283. The van der Waals surface area contributed by atoms with Crippen LogP contribution in [-0.2, 0) is 38.0 Å². The van der Waals surface area contributed by atoms with Crippen LogP contribution in [0.4, 0.5) is 19.2 Å². The number of amides is 3. The molecule has 0 aliphatic carbocycles. The maximum absolute atomic E-state index is 12.6. The van der Waals surface area contributed by atoms with Crippen molar-refractivity contribution < 1.29 is 67.4 Å². The molecule has 6 atom stereocenters. The first kappa shape index (κ1) is 47.3. The number of nitrogens with one attached hydrogen (secondary N) is 1. The van der Waals surface area contributed by atoms with E-state index in [1.54, 1.807) is 41.5 Å². The number of hydrogen-bond donors (Lipinski definition) is 3. The number of aliphatic hydroxyl groups excluding tert-OH is 2. The van der Waals surface area contributed by atoms with Crippen LogP contribution in [0.2, 0.25) is 0 Å². The van der Waals surface area contributed by atoms with Crippen LogP contribution in [-0.4, -0.2) is 175 Å². The Kier molecular flexibility index (Phi) is 19.0. The van der Waals surface area contributed by atoms with Gasteiger partial charge in [-0.2, -0.15) is 0 Å². The van der Waals surface area contributed by atoms with Gasteiger partial charge in [-0.3, -0.25) is 19.4 Å². The van der Waals surface area contributed by atoms with Crippen LogP contribution < -0.4 is 5.32 Å². The molecule has 0 aromatic heterocycles. The monoisotopic (exact) mass is 804 g/mol. The van der Waals surface area contributed by atoms with E-state index in [0.29, 0.717) is 26.2 Å². The predicted molar refractivity (Wildman–Crippen MR) is 197 cm³/mol. The first-order valence-corrected chi connectivity index (χ1v) is 18.3. The fraction of sp³-hybridized carbons (Fsp3) is 0.722. The average molecular weight is 805 g/mol. The van der Waals surface area contributed by atoms with Gasteiger partial charge in [-0.05, 0) is 41.5 Å². The second-order valence-corrected chi connectivity index (χ2v) is 15.3. The number of halogens is 1. The number of hydrogen-bond acceptors (Lipinski definition) is 15. The minimum atomic E-state index is -0.945. The third kappa shape index (κ3) is 15.0. The van der Waals surface area contributed by atoms with E-state index in [1.807, 2.05) is 0 Å². The van der Waals surface area contributed by atoms with E-state index in [9.17, 15) is 39.0 Å². The normalized spacial score (nSPS) is 24.8. The van der Waals surface area contributed by atoms with Crippen molar-refractivity contribution >= 4 is 46.9 Å². The van der Waals surface area contributed by atoms with E-state index < -0.39 is 77.9 Å². The predicted octanol–water partition coefficient (Wildman–Crippen LogP) is 2.13. The number of carbonyl (C=O) groups is 6. The van der Waals surface area contributed by atoms with Gasteiger partial charge in [-0.1, -0.05) is 25.3 Å². The van der Waals surface area contributed by atoms with Gasteiger partial charge in [0.25, 0.3) is 0 Å². The van der Waals surface area contributed by atoms with Gasteiger partial charge in [-0.25, -0.2) is 19.2 Å². The van der Waals surface area contributed by atoms with E-state index in [2.05, 4.69) is 23.2 Å². The molecule has 3 N–H and O–H groups in total. The molecule has 0 saturated carbocycles. The summed E-state index contributed by atoms with van der Waals surface area (Å²) in [5, 5.41) is 21.8. The molecule has 4 heterocycles. The van der Waals surface area contributed by atoms with Crippen molar-refractivity contribution in [3.05, 3.63) is 25.3 Å². The van der Waals surface area contributed by atoms with Crippen LogP contribution in [0, 0.1) is 11.8 Å². The second-order valence-electron chi connectivity index (χ2n) is 14.9. The van der Waals surface area contributed by atoms with Crippen molar-refractivity contribution in [1.29, 1.82) is 0 Å². The van der Waals surface area contributed by atoms with Crippen molar-refractivity contribution in [2.45, 2.75) is 77.0 Å². The van der Waals surface area contributed by atoms with Crippen LogP contribution in [0.3, 0.4) is 0 Å². The van der Waals surface area contributed by atoms with E-state index in [0.717, 1.165) is 6.54 Å². The third-order valence-corrected chi connectivity index (χ3v) is 8.44. The number of likely N-dealkylation sites (tertiary alicyclic amines) is 2. The summed E-state index contributed by atoms with van der Waals surface area (Å²) in [6.45, 7) is 19.5. The SMILES string of the molecule is C=CCOC(=O)Cl.C=CCOC(=O)N1CCO[C@@H]2[C@@H](C1)CN(C(=O)OC(C)(C)C)[C@@H]2C(=O)CO.CC(C)(C)OC(=O)N1C[C@@H]2CNCCO[C@H]2[C@H]1C(=O)CO. The third-order valence-electron chi connectivity index (χ3n) is 8.33. The summed E-state index contributed by atoms with van der Waals surface area (Å²) in [5.41, 5.74) is -2.15. The van der Waals surface area contributed by atoms with E-state index in [1.165, 1.54) is 26.9 Å². The molecule has 0 aromatic carbocycles. The van der Waals surface area contributed by atoms with Crippen molar-refractivity contribution in [2.75, 3.05) is 78.9 Å². The van der Waals surface area contributed by atoms with E-state index in [-0.39, 0.29) is 50.8 Å². The number of Topliss-reactive ketones (excluding diaryl/α,β-unsaturated/α-hetero) is 2. The number of fused-ring (bicyclic) bond motifs is 2. The highest BCUT2D eigenvalue weighted by Crippen LogP contribution is 2.32. The number of aliphatic hydroxyl groups is 2. The molecule has 55 heavy (non-hydrogen) atoms. The van der Waals surface area contributed by atoms with Gasteiger partial charge in [0.15, 0.2) is 11.6 Å². The summed E-state index contributed by atoms with van der Waals surface area (Å²) in [6.07, 6.45) is 0.240. The lowest BCUT2D eigenvalue weighted by atomic mass is 9.99. The van der Waals surface area contributed by atoms with Crippen LogP contribution >= 0.6 is 11.6 Å². The van der Waals surface area contributed by atoms with Gasteiger partial charge in [0.2, 0.25) is 0 Å². The Morgan fingerprint density at radius 1 is 0.745 bits per heavy atom. The zero-order valence-electron chi connectivity index (χ0n) is 32.5. The summed E-state index contributed by atoms with van der Waals surface area (Å²) >= 11 is 4.75. The van der Waals surface area contributed by atoms with Crippen LogP contribution in [0.5, 0.6) is 0 Å². The Morgan fingerprint density at radius 3 is 1.67 bits per heavy atom. The molecule has 0 spiro atoms. The zero-order chi connectivity index (χ0) is 41.5. The molecular formula is C36H57ClN4O14. The number of ketones is 2. The molecule has 19 heteroatoms. The largest absolute Gasteiger partial charge is 0.449 e. The Hall–Kier alpha value is -3.81. The molecule has 4 aliphatic heterocycles. The van der Waals surface area contributed by atoms with Crippen molar-refractivity contribution in [2.24, 2.45) is 11.8 Å². The summed E-state index contributed by atoms with van der Waals surface area (Å²) in [6, 6.07) is -1.71. The molecule has 4 rings (SSSR count). The highest BCUT2D eigenvalue weighted by Gasteiger charge is 2.51. The van der Waals surface area contributed by atoms with Gasteiger partial charge in [0.1, 0.15) is 49.7 Å². The Morgan fingerprint density at radius 2 is 1.22 bits per heavy atom. The molecule has 0 aromatic rings. The number of carbonyl (C=O) groups excluding carboxylic acids is 6. The molecule has 3 amide bonds. The molecule has 0 bridgehead atoms. The molecule has 312 valence electrons. The first-order valence-electron chi connectivity index (χ1n) is 17.9. The van der Waals surface area contributed by atoms with Crippen LogP contribution in [0.25, 0.3) is 0 Å². The quantitative estimate of drug-likeness (QED) is 0.182. The van der Waals surface area contributed by atoms with Gasteiger partial charge < -0.3 is 48.9 Å². The van der Waals surface area contributed by atoms with Gasteiger partial charge in [0, 0.05) is 62.7 Å². The number of nitrogens with zero attached hydrogens (tertiary/aromatic N) is 3. The van der Waals surface area contributed by atoms with Gasteiger partial charge in [-0.15, -0.1) is 0 Å². The molecule has 18 nitrogen and oxygen atoms in total. The smallest absolute Gasteiger partial charge is 0.411 e. The maximum Gasteiger partial charge on any atom is 0.411 e. The summed E-state index contributed by atoms with van der Waals surface area (Å²) in [4.78, 5) is 75.3. The first-order chi connectivity index (χ1) is 25.8. The van der Waals surface area contributed by atoms with Crippen LogP contribution in [0.1, 0.15) is 41.5 Å². The summed E-state index contributed by atoms with van der Waals surface area (Å²) in [7, 11) is 0. The van der Waals surface area contributed by atoms with Gasteiger partial charge >= 0.3 is 23.7 Å². The fourth-order valence-electron chi connectivity index (χ4n) is 6.27. The standard InChI is InChI=1S/C18H28N2O7.C14H24N2O5.C4H5ClO2/c1-5-7-26-16(23)19-6-8-25-15-12(9-19)10-20(14(15)13(22)11-21)17(24)27-18(2,3)4;1-14(2,3)21-13(19)16-7-9-6-15-4-5-20-12(9)11(16)10(18)8-17;1-2-3-7-4(5)6/h5,12,14-15,21H,1,6-11H2,2-4H3;9,11-12,15,17H,4-8H2,1-3H3;2H,1,3H2/t12-,14+,15+;9-,11+,12+;/m00./s1. The second kappa shape index (κ2) is 22.1. The highest BCUT2D eigenvalue weighted by atomic mass is 35.5. The summed E-state index contributed by atoms with van der Waals surface area (Å²) < 4.78 is 31.6. The van der Waals surface area contributed by atoms with Gasteiger partial charge in [0.05, 0.1) is 25.4 Å². The molecule has 4 fully saturated rings. The van der Waals surface area contributed by atoms with Crippen molar-refractivity contribution in [3.63, 3.8) is 0 Å². The minimum Gasteiger partial charge on any atom is -0.449 e. The lowest BCUT2D eigenvalue weighted by molar-refractivity contribution is -0.130. The van der Waals surface area contributed by atoms with E-state index in [4.69, 9.17) is 35.3 Å². The topological polar surface area (TPSA) is 220 Å². The van der Waals surface area contributed by atoms with Crippen molar-refractivity contribution in [1.82, 2.24) is 20.0 Å².